The molecule has 2 amide bonds. The SMILES string of the molecule is CC(=O)Nc1ccc(C(=O)N2CC3CC2CS3)cc1. The Morgan fingerprint density at radius 2 is 2.05 bits per heavy atom. The Balaban J connectivity index is 1.72. The second kappa shape index (κ2) is 4.89. The smallest absolute Gasteiger partial charge is 0.254 e. The number of fused-ring (bicyclic) bond motifs is 2. The minimum Gasteiger partial charge on any atom is -0.334 e. The molecule has 2 unspecified atom stereocenters. The lowest BCUT2D eigenvalue weighted by Gasteiger charge is -2.26. The van der Waals surface area contributed by atoms with Gasteiger partial charge in [-0.25, -0.2) is 0 Å². The van der Waals surface area contributed by atoms with Gasteiger partial charge < -0.3 is 10.2 Å². The summed E-state index contributed by atoms with van der Waals surface area (Å²) in [6.45, 7) is 2.35. The number of amides is 2. The Hall–Kier alpha value is -1.49. The third-order valence-corrected chi connectivity index (χ3v) is 5.00. The largest absolute Gasteiger partial charge is 0.334 e. The number of nitrogens with one attached hydrogen (secondary N) is 1. The normalized spacial score (nSPS) is 24.6. The first-order chi connectivity index (χ1) is 9.13. The van der Waals surface area contributed by atoms with Crippen molar-refractivity contribution in [1.29, 1.82) is 0 Å². The summed E-state index contributed by atoms with van der Waals surface area (Å²) in [6.07, 6.45) is 1.14. The van der Waals surface area contributed by atoms with Gasteiger partial charge in [-0.1, -0.05) is 0 Å². The molecule has 2 aliphatic heterocycles. The van der Waals surface area contributed by atoms with Crippen LogP contribution in [0.1, 0.15) is 23.7 Å². The van der Waals surface area contributed by atoms with E-state index in [0.717, 1.165) is 24.4 Å². The molecule has 0 aliphatic carbocycles. The molecular weight excluding hydrogens is 260 g/mol. The average molecular weight is 276 g/mol. The van der Waals surface area contributed by atoms with Crippen molar-refractivity contribution in [3.63, 3.8) is 0 Å². The first kappa shape index (κ1) is 12.5. The van der Waals surface area contributed by atoms with Crippen LogP contribution in [0.15, 0.2) is 24.3 Å². The van der Waals surface area contributed by atoms with Crippen LogP contribution in [0.2, 0.25) is 0 Å². The molecule has 0 spiro atoms. The van der Waals surface area contributed by atoms with Gasteiger partial charge >= 0.3 is 0 Å². The molecule has 2 fully saturated rings. The van der Waals surface area contributed by atoms with Crippen molar-refractivity contribution in [2.45, 2.75) is 24.6 Å². The van der Waals surface area contributed by atoms with E-state index in [-0.39, 0.29) is 11.8 Å². The van der Waals surface area contributed by atoms with Crippen molar-refractivity contribution in [2.24, 2.45) is 0 Å². The van der Waals surface area contributed by atoms with E-state index in [9.17, 15) is 9.59 Å². The molecule has 2 aliphatic rings. The zero-order chi connectivity index (χ0) is 13.4. The Labute approximate surface area is 116 Å². The molecule has 4 nitrogen and oxygen atoms in total. The number of rotatable bonds is 2. The summed E-state index contributed by atoms with van der Waals surface area (Å²) in [6, 6.07) is 7.53. The van der Waals surface area contributed by atoms with Crippen molar-refractivity contribution in [2.75, 3.05) is 17.6 Å². The fourth-order valence-corrected chi connectivity index (χ4v) is 4.15. The van der Waals surface area contributed by atoms with Crippen LogP contribution < -0.4 is 5.32 Å². The molecule has 19 heavy (non-hydrogen) atoms. The van der Waals surface area contributed by atoms with Crippen LogP contribution in [-0.4, -0.2) is 40.3 Å². The summed E-state index contributed by atoms with van der Waals surface area (Å²) in [5.41, 5.74) is 1.43. The highest BCUT2D eigenvalue weighted by atomic mass is 32.2. The molecule has 2 heterocycles. The van der Waals surface area contributed by atoms with Crippen molar-refractivity contribution in [3.8, 4) is 0 Å². The van der Waals surface area contributed by atoms with Crippen molar-refractivity contribution < 1.29 is 9.59 Å². The summed E-state index contributed by atoms with van der Waals surface area (Å²) in [7, 11) is 0. The van der Waals surface area contributed by atoms with E-state index in [1.165, 1.54) is 6.92 Å². The van der Waals surface area contributed by atoms with Gasteiger partial charge in [-0.2, -0.15) is 11.8 Å². The fourth-order valence-electron chi connectivity index (χ4n) is 2.71. The maximum atomic E-state index is 12.4. The molecule has 2 atom stereocenters. The van der Waals surface area contributed by atoms with Gasteiger partial charge in [-0.15, -0.1) is 0 Å². The van der Waals surface area contributed by atoms with Gasteiger partial charge in [0.05, 0.1) is 0 Å². The van der Waals surface area contributed by atoms with Crippen molar-refractivity contribution in [3.05, 3.63) is 29.8 Å². The number of hydrogen-bond acceptors (Lipinski definition) is 3. The van der Waals surface area contributed by atoms with Crippen LogP contribution in [0.5, 0.6) is 0 Å². The number of likely N-dealkylation sites (tertiary alicyclic amines) is 1. The summed E-state index contributed by atoms with van der Waals surface area (Å²) in [4.78, 5) is 25.3. The van der Waals surface area contributed by atoms with E-state index in [1.807, 2.05) is 16.7 Å². The van der Waals surface area contributed by atoms with E-state index in [0.29, 0.717) is 16.9 Å². The standard InChI is InChI=1S/C14H16N2O2S/c1-9(17)15-11-4-2-10(3-5-11)14(18)16-7-13-6-12(16)8-19-13/h2-5,12-13H,6-8H2,1H3,(H,15,17). The topological polar surface area (TPSA) is 49.4 Å². The van der Waals surface area contributed by atoms with Crippen LogP contribution in [-0.2, 0) is 4.79 Å². The molecule has 0 saturated carbocycles. The number of thioether (sulfide) groups is 1. The number of carbonyl (C=O) groups excluding carboxylic acids is 2. The molecule has 3 rings (SSSR count). The van der Waals surface area contributed by atoms with Crippen molar-refractivity contribution >= 4 is 29.3 Å². The van der Waals surface area contributed by atoms with Gasteiger partial charge in [0, 0.05) is 41.8 Å². The third kappa shape index (κ3) is 2.47. The second-order valence-electron chi connectivity index (χ2n) is 5.06. The zero-order valence-corrected chi connectivity index (χ0v) is 11.6. The molecule has 1 aromatic rings. The van der Waals surface area contributed by atoms with Crippen molar-refractivity contribution in [1.82, 2.24) is 4.90 Å². The Morgan fingerprint density at radius 1 is 1.32 bits per heavy atom. The minimum atomic E-state index is -0.104. The molecule has 1 aromatic carbocycles. The lowest BCUT2D eigenvalue weighted by molar-refractivity contribution is -0.114. The fraction of sp³-hybridized carbons (Fsp3) is 0.429. The number of hydrogen-bond donors (Lipinski definition) is 1. The Morgan fingerprint density at radius 3 is 2.58 bits per heavy atom. The van der Waals surface area contributed by atoms with E-state index >= 15 is 0 Å². The quantitative estimate of drug-likeness (QED) is 0.898. The maximum absolute atomic E-state index is 12.4. The first-order valence-corrected chi connectivity index (χ1v) is 7.48. The van der Waals surface area contributed by atoms with Gasteiger partial charge in [0.1, 0.15) is 0 Å². The molecule has 0 aromatic heterocycles. The molecule has 2 bridgehead atoms. The predicted octanol–water partition coefficient (Wildman–Crippen LogP) is 1.97. The van der Waals surface area contributed by atoms with E-state index in [1.54, 1.807) is 24.3 Å². The highest BCUT2D eigenvalue weighted by molar-refractivity contribution is 8.00. The van der Waals surface area contributed by atoms with Gasteiger partial charge in [0.15, 0.2) is 0 Å². The van der Waals surface area contributed by atoms with E-state index < -0.39 is 0 Å². The molecule has 1 N–H and O–H groups in total. The number of carbonyl (C=O) groups is 2. The molecule has 0 radical (unpaired) electrons. The van der Waals surface area contributed by atoms with E-state index in [2.05, 4.69) is 5.32 Å². The van der Waals surface area contributed by atoms with Crippen LogP contribution in [0.3, 0.4) is 0 Å². The number of benzene rings is 1. The predicted molar refractivity (Wildman–Crippen MR) is 76.4 cm³/mol. The highest BCUT2D eigenvalue weighted by Crippen LogP contribution is 2.38. The van der Waals surface area contributed by atoms with Gasteiger partial charge in [0.2, 0.25) is 5.91 Å². The van der Waals surface area contributed by atoms with Crippen LogP contribution >= 0.6 is 11.8 Å². The van der Waals surface area contributed by atoms with Gasteiger partial charge in [-0.05, 0) is 30.7 Å². The summed E-state index contributed by atoms with van der Waals surface area (Å²) in [5, 5.41) is 3.33. The monoisotopic (exact) mass is 276 g/mol. The van der Waals surface area contributed by atoms with E-state index in [4.69, 9.17) is 0 Å². The number of anilines is 1. The Kier molecular flexibility index (Phi) is 3.22. The van der Waals surface area contributed by atoms with Gasteiger partial charge in [0.25, 0.3) is 5.91 Å². The van der Waals surface area contributed by atoms with Gasteiger partial charge in [-0.3, -0.25) is 9.59 Å². The summed E-state index contributed by atoms with van der Waals surface area (Å²) >= 11 is 1.98. The molecule has 2 saturated heterocycles. The summed E-state index contributed by atoms with van der Waals surface area (Å²) < 4.78 is 0. The zero-order valence-electron chi connectivity index (χ0n) is 10.8. The molecule has 100 valence electrons. The maximum Gasteiger partial charge on any atom is 0.254 e. The van der Waals surface area contributed by atoms with Crippen LogP contribution in [0.25, 0.3) is 0 Å². The highest BCUT2D eigenvalue weighted by Gasteiger charge is 2.41. The first-order valence-electron chi connectivity index (χ1n) is 6.44. The molecular formula is C14H16N2O2S. The average Bonchev–Trinajstić information content (AvgIpc) is 3.00. The van der Waals surface area contributed by atoms with Crippen LogP contribution in [0, 0.1) is 0 Å². The molecule has 5 heteroatoms. The van der Waals surface area contributed by atoms with Crippen LogP contribution in [0.4, 0.5) is 5.69 Å². The minimum absolute atomic E-state index is 0.104. The second-order valence-corrected chi connectivity index (χ2v) is 6.39. The Bertz CT molecular complexity index is 515. The summed E-state index contributed by atoms with van der Waals surface area (Å²) in [5.74, 6) is 1.08. The third-order valence-electron chi connectivity index (χ3n) is 3.61. The lowest BCUT2D eigenvalue weighted by atomic mass is 10.1. The lowest BCUT2D eigenvalue weighted by Crippen LogP contribution is -2.39. The number of nitrogens with zero attached hydrogens (tertiary/aromatic N) is 1.